The van der Waals surface area contributed by atoms with Crippen LogP contribution in [-0.4, -0.2) is 48.8 Å². The molecule has 0 radical (unpaired) electrons. The minimum absolute atomic E-state index is 0.0354. The van der Waals surface area contributed by atoms with Gasteiger partial charge in [-0.1, -0.05) is 30.3 Å². The summed E-state index contributed by atoms with van der Waals surface area (Å²) in [5.74, 6) is -1.41. The van der Waals surface area contributed by atoms with Gasteiger partial charge in [-0.25, -0.2) is 4.79 Å². The summed E-state index contributed by atoms with van der Waals surface area (Å²) >= 11 is 1.24. The number of thioether (sulfide) groups is 1. The molecule has 0 unspecified atom stereocenters. The summed E-state index contributed by atoms with van der Waals surface area (Å²) in [6, 6.07) is 25.0. The Hall–Kier alpha value is -5.55. The number of nitrogens with one attached hydrogen (secondary N) is 3. The van der Waals surface area contributed by atoms with Crippen LogP contribution in [0.3, 0.4) is 0 Å². The molecule has 0 bridgehead atoms. The molecule has 11 heteroatoms. The first kappa shape index (κ1) is 32.4. The molecule has 10 nitrogen and oxygen atoms in total. The van der Waals surface area contributed by atoms with Gasteiger partial charge in [-0.15, -0.1) is 11.8 Å². The Morgan fingerprint density at radius 3 is 2.31 bits per heavy atom. The molecule has 0 saturated heterocycles. The summed E-state index contributed by atoms with van der Waals surface area (Å²) in [4.78, 5) is 51.2. The third-order valence-electron chi connectivity index (χ3n) is 6.49. The fraction of sp³-hybridized carbons (Fsp3) is 0.118. The molecule has 0 fully saturated rings. The van der Waals surface area contributed by atoms with Gasteiger partial charge in [-0.3, -0.25) is 14.4 Å². The average Bonchev–Trinajstić information content (AvgIpc) is 3.04. The second-order valence-corrected chi connectivity index (χ2v) is 10.7. The van der Waals surface area contributed by atoms with Gasteiger partial charge in [0.25, 0.3) is 11.8 Å². The SMILES string of the molecule is COc1ccc(OC)c(/C=C(/NC(=O)c2ccccc2)C(=O)Nc2cccc(SCC(=O)Nc3cc(C(=O)O)ccc3C)c2)c1. The predicted molar refractivity (Wildman–Crippen MR) is 174 cm³/mol. The lowest BCUT2D eigenvalue weighted by Gasteiger charge is -2.14. The second-order valence-electron chi connectivity index (χ2n) is 9.64. The maximum Gasteiger partial charge on any atom is 0.335 e. The van der Waals surface area contributed by atoms with E-state index in [1.165, 1.54) is 44.2 Å². The van der Waals surface area contributed by atoms with E-state index in [1.54, 1.807) is 85.8 Å². The summed E-state index contributed by atoms with van der Waals surface area (Å²) in [6.45, 7) is 1.77. The van der Waals surface area contributed by atoms with E-state index in [4.69, 9.17) is 9.47 Å². The number of methoxy groups -OCH3 is 2. The highest BCUT2D eigenvalue weighted by atomic mass is 32.2. The van der Waals surface area contributed by atoms with Gasteiger partial charge in [-0.05, 0) is 79.2 Å². The van der Waals surface area contributed by atoms with Crippen LogP contribution in [-0.2, 0) is 9.59 Å². The van der Waals surface area contributed by atoms with Crippen molar-refractivity contribution in [2.75, 3.05) is 30.6 Å². The van der Waals surface area contributed by atoms with E-state index in [2.05, 4.69) is 16.0 Å². The van der Waals surface area contributed by atoms with Gasteiger partial charge in [0.15, 0.2) is 0 Å². The predicted octanol–water partition coefficient (Wildman–Crippen LogP) is 5.85. The number of carboxylic acid groups (broad SMARTS) is 1. The number of benzene rings is 4. The summed E-state index contributed by atoms with van der Waals surface area (Å²) in [5.41, 5.74) is 2.51. The maximum absolute atomic E-state index is 13.5. The van der Waals surface area contributed by atoms with Crippen molar-refractivity contribution in [3.05, 3.63) is 119 Å². The zero-order chi connectivity index (χ0) is 32.3. The highest BCUT2D eigenvalue weighted by Crippen LogP contribution is 2.27. The molecular weight excluding hydrogens is 594 g/mol. The molecule has 0 aromatic heterocycles. The Morgan fingerprint density at radius 1 is 0.822 bits per heavy atom. The number of rotatable bonds is 12. The monoisotopic (exact) mass is 625 g/mol. The fourth-order valence-corrected chi connectivity index (χ4v) is 4.89. The minimum atomic E-state index is -1.08. The number of carboxylic acids is 1. The number of amides is 3. The lowest BCUT2D eigenvalue weighted by molar-refractivity contribution is -0.114. The van der Waals surface area contributed by atoms with Crippen molar-refractivity contribution >= 4 is 52.9 Å². The molecule has 230 valence electrons. The quantitative estimate of drug-likeness (QED) is 0.113. The number of hydrogen-bond acceptors (Lipinski definition) is 7. The van der Waals surface area contributed by atoms with Crippen LogP contribution in [0.4, 0.5) is 11.4 Å². The normalized spacial score (nSPS) is 10.9. The molecule has 0 heterocycles. The van der Waals surface area contributed by atoms with E-state index in [9.17, 15) is 24.3 Å². The average molecular weight is 626 g/mol. The van der Waals surface area contributed by atoms with Gasteiger partial charge in [0.2, 0.25) is 5.91 Å². The molecule has 4 rings (SSSR count). The van der Waals surface area contributed by atoms with E-state index < -0.39 is 17.8 Å². The minimum Gasteiger partial charge on any atom is -0.497 e. The van der Waals surface area contributed by atoms with Crippen molar-refractivity contribution < 1.29 is 33.8 Å². The summed E-state index contributed by atoms with van der Waals surface area (Å²) in [6.07, 6.45) is 1.50. The Balaban J connectivity index is 1.51. The van der Waals surface area contributed by atoms with Crippen LogP contribution < -0.4 is 25.4 Å². The van der Waals surface area contributed by atoms with E-state index in [0.29, 0.717) is 38.9 Å². The Morgan fingerprint density at radius 2 is 1.60 bits per heavy atom. The van der Waals surface area contributed by atoms with E-state index >= 15 is 0 Å². The van der Waals surface area contributed by atoms with Crippen molar-refractivity contribution in [1.29, 1.82) is 0 Å². The van der Waals surface area contributed by atoms with Crippen molar-refractivity contribution in [3.8, 4) is 11.5 Å². The molecule has 0 aliphatic heterocycles. The molecule has 0 saturated carbocycles. The Bertz CT molecular complexity index is 1760. The lowest BCUT2D eigenvalue weighted by atomic mass is 10.1. The van der Waals surface area contributed by atoms with Crippen molar-refractivity contribution in [1.82, 2.24) is 5.32 Å². The van der Waals surface area contributed by atoms with Gasteiger partial charge in [0, 0.05) is 27.4 Å². The highest BCUT2D eigenvalue weighted by Gasteiger charge is 2.17. The Kier molecular flexibility index (Phi) is 11.0. The molecular formula is C34H31N3O7S. The third kappa shape index (κ3) is 8.97. The molecule has 4 aromatic rings. The molecule has 0 aliphatic rings. The number of ether oxygens (including phenoxy) is 2. The van der Waals surface area contributed by atoms with Crippen LogP contribution in [0.1, 0.15) is 31.8 Å². The van der Waals surface area contributed by atoms with Crippen LogP contribution in [0.2, 0.25) is 0 Å². The molecule has 3 amide bonds. The van der Waals surface area contributed by atoms with Crippen LogP contribution in [0.15, 0.2) is 102 Å². The highest BCUT2D eigenvalue weighted by molar-refractivity contribution is 8.00. The molecule has 4 N–H and O–H groups in total. The van der Waals surface area contributed by atoms with Crippen LogP contribution in [0, 0.1) is 6.92 Å². The number of anilines is 2. The molecule has 0 atom stereocenters. The van der Waals surface area contributed by atoms with E-state index in [0.717, 1.165) is 5.56 Å². The summed E-state index contributed by atoms with van der Waals surface area (Å²) in [5, 5.41) is 17.5. The van der Waals surface area contributed by atoms with Gasteiger partial charge in [0.1, 0.15) is 17.2 Å². The summed E-state index contributed by atoms with van der Waals surface area (Å²) < 4.78 is 10.8. The first-order valence-electron chi connectivity index (χ1n) is 13.6. The van der Waals surface area contributed by atoms with Gasteiger partial charge < -0.3 is 30.5 Å². The Labute approximate surface area is 264 Å². The third-order valence-corrected chi connectivity index (χ3v) is 7.48. The smallest absolute Gasteiger partial charge is 0.335 e. The molecule has 0 aliphatic carbocycles. The van der Waals surface area contributed by atoms with Crippen LogP contribution in [0.5, 0.6) is 11.5 Å². The van der Waals surface area contributed by atoms with Crippen LogP contribution >= 0.6 is 11.8 Å². The van der Waals surface area contributed by atoms with Gasteiger partial charge >= 0.3 is 5.97 Å². The topological polar surface area (TPSA) is 143 Å². The largest absolute Gasteiger partial charge is 0.497 e. The molecule has 0 spiro atoms. The second kappa shape index (κ2) is 15.3. The van der Waals surface area contributed by atoms with E-state index in [1.807, 2.05) is 0 Å². The van der Waals surface area contributed by atoms with Crippen molar-refractivity contribution in [3.63, 3.8) is 0 Å². The maximum atomic E-state index is 13.5. The van der Waals surface area contributed by atoms with Crippen LogP contribution in [0.25, 0.3) is 6.08 Å². The molecule has 4 aromatic carbocycles. The number of aromatic carboxylic acids is 1. The lowest BCUT2D eigenvalue weighted by Crippen LogP contribution is -2.30. The van der Waals surface area contributed by atoms with Crippen molar-refractivity contribution in [2.45, 2.75) is 11.8 Å². The zero-order valence-electron chi connectivity index (χ0n) is 24.7. The number of aryl methyl sites for hydroxylation is 1. The number of carbonyl (C=O) groups excluding carboxylic acids is 3. The van der Waals surface area contributed by atoms with Crippen molar-refractivity contribution in [2.24, 2.45) is 0 Å². The summed E-state index contributed by atoms with van der Waals surface area (Å²) in [7, 11) is 3.02. The first-order chi connectivity index (χ1) is 21.7. The van der Waals surface area contributed by atoms with Gasteiger partial charge in [-0.2, -0.15) is 0 Å². The van der Waals surface area contributed by atoms with Gasteiger partial charge in [0.05, 0.1) is 25.5 Å². The number of carbonyl (C=O) groups is 4. The molecule has 45 heavy (non-hydrogen) atoms. The zero-order valence-corrected chi connectivity index (χ0v) is 25.6. The first-order valence-corrected chi connectivity index (χ1v) is 14.6. The standard InChI is InChI=1S/C34H31N3O7S/c1-21-12-13-23(34(41)42)17-28(21)36-31(38)20-45-27-11-7-10-25(19-27)35-33(40)29(37-32(39)22-8-5-4-6-9-22)18-24-16-26(43-2)14-15-30(24)44-3/h4-19H,20H2,1-3H3,(H,35,40)(H,36,38)(H,37,39)(H,41,42)/b29-18+. The fourth-order valence-electron chi connectivity index (χ4n) is 4.14. The van der Waals surface area contributed by atoms with E-state index in [-0.39, 0.29) is 22.9 Å². The number of hydrogen-bond donors (Lipinski definition) is 4.